The number of thiazole rings is 1. The molecule has 2 aromatic rings. The Balaban J connectivity index is 2.39. The second-order valence-electron chi connectivity index (χ2n) is 3.38. The standard InChI is InChI=1S/C10H9ClN4OS/c1-5-9(7-3-8(11)15-12-4-7)17-10(13-5)14-6(2)16/h3-4H,1-2H3,(H,13,14,16). The Bertz CT molecular complexity index is 569. The maximum atomic E-state index is 10.9. The summed E-state index contributed by atoms with van der Waals surface area (Å²) in [4.78, 5) is 16.1. The van der Waals surface area contributed by atoms with E-state index in [1.165, 1.54) is 18.3 Å². The maximum absolute atomic E-state index is 10.9. The zero-order chi connectivity index (χ0) is 12.4. The summed E-state index contributed by atoms with van der Waals surface area (Å²) in [5, 5.41) is 11.0. The van der Waals surface area contributed by atoms with Crippen molar-refractivity contribution in [2.24, 2.45) is 0 Å². The Morgan fingerprint density at radius 1 is 1.53 bits per heavy atom. The van der Waals surface area contributed by atoms with Crippen molar-refractivity contribution < 1.29 is 4.79 Å². The van der Waals surface area contributed by atoms with E-state index in [9.17, 15) is 4.79 Å². The van der Waals surface area contributed by atoms with E-state index in [1.54, 1.807) is 12.3 Å². The van der Waals surface area contributed by atoms with Crippen molar-refractivity contribution in [3.8, 4) is 10.4 Å². The number of nitrogens with zero attached hydrogens (tertiary/aromatic N) is 3. The summed E-state index contributed by atoms with van der Waals surface area (Å²) < 4.78 is 0. The third-order valence-electron chi connectivity index (χ3n) is 1.97. The summed E-state index contributed by atoms with van der Waals surface area (Å²) in [7, 11) is 0. The molecule has 0 bridgehead atoms. The van der Waals surface area contributed by atoms with E-state index in [0.717, 1.165) is 16.1 Å². The number of hydrogen-bond acceptors (Lipinski definition) is 5. The van der Waals surface area contributed by atoms with Gasteiger partial charge >= 0.3 is 0 Å². The number of carbonyl (C=O) groups excluding carboxylic acids is 1. The molecule has 1 N–H and O–H groups in total. The van der Waals surface area contributed by atoms with Crippen molar-refractivity contribution in [3.63, 3.8) is 0 Å². The molecule has 7 heteroatoms. The topological polar surface area (TPSA) is 67.8 Å². The van der Waals surface area contributed by atoms with E-state index in [1.807, 2.05) is 6.92 Å². The van der Waals surface area contributed by atoms with Crippen LogP contribution in [-0.4, -0.2) is 21.1 Å². The number of aromatic nitrogens is 3. The van der Waals surface area contributed by atoms with Crippen LogP contribution in [0.4, 0.5) is 5.13 Å². The molecule has 0 aliphatic carbocycles. The van der Waals surface area contributed by atoms with Gasteiger partial charge in [0.05, 0.1) is 16.8 Å². The van der Waals surface area contributed by atoms with E-state index in [-0.39, 0.29) is 5.91 Å². The molecule has 17 heavy (non-hydrogen) atoms. The molecule has 5 nitrogen and oxygen atoms in total. The van der Waals surface area contributed by atoms with Gasteiger partial charge in [-0.1, -0.05) is 22.9 Å². The Kier molecular flexibility index (Phi) is 3.35. The van der Waals surface area contributed by atoms with Crippen LogP contribution in [0.15, 0.2) is 12.3 Å². The first-order valence-corrected chi connectivity index (χ1v) is 5.99. The molecule has 2 heterocycles. The third-order valence-corrected chi connectivity index (χ3v) is 3.27. The SMILES string of the molecule is CC(=O)Nc1nc(C)c(-c2cnnc(Cl)c2)s1. The Hall–Kier alpha value is -1.53. The lowest BCUT2D eigenvalue weighted by Crippen LogP contribution is -2.04. The molecule has 2 rings (SSSR count). The lowest BCUT2D eigenvalue weighted by atomic mass is 10.2. The molecular weight excluding hydrogens is 260 g/mol. The monoisotopic (exact) mass is 268 g/mol. The summed E-state index contributed by atoms with van der Waals surface area (Å²) in [6, 6.07) is 1.71. The van der Waals surface area contributed by atoms with Crippen LogP contribution in [0, 0.1) is 6.92 Å². The normalized spacial score (nSPS) is 10.3. The number of aryl methyl sites for hydroxylation is 1. The number of amides is 1. The van der Waals surface area contributed by atoms with Crippen LogP contribution in [0.2, 0.25) is 5.15 Å². The lowest BCUT2D eigenvalue weighted by Gasteiger charge is -1.96. The molecule has 0 aliphatic heterocycles. The van der Waals surface area contributed by atoms with Crippen molar-refractivity contribution in [3.05, 3.63) is 23.1 Å². The molecule has 0 aliphatic rings. The van der Waals surface area contributed by atoms with Crippen LogP contribution in [0.3, 0.4) is 0 Å². The highest BCUT2D eigenvalue weighted by atomic mass is 35.5. The van der Waals surface area contributed by atoms with Crippen molar-refractivity contribution >= 4 is 34.0 Å². The summed E-state index contributed by atoms with van der Waals surface area (Å²) in [6.45, 7) is 3.31. The number of hydrogen-bond donors (Lipinski definition) is 1. The Morgan fingerprint density at radius 3 is 2.94 bits per heavy atom. The molecule has 0 saturated heterocycles. The van der Waals surface area contributed by atoms with Crippen LogP contribution in [0.5, 0.6) is 0 Å². The van der Waals surface area contributed by atoms with Crippen LogP contribution >= 0.6 is 22.9 Å². The molecule has 1 amide bonds. The predicted molar refractivity (Wildman–Crippen MR) is 67.2 cm³/mol. The molecular formula is C10H9ClN4OS. The Labute approximate surface area is 107 Å². The fraction of sp³-hybridized carbons (Fsp3) is 0.200. The maximum Gasteiger partial charge on any atom is 0.223 e. The summed E-state index contributed by atoms with van der Waals surface area (Å²) >= 11 is 7.16. The zero-order valence-corrected chi connectivity index (χ0v) is 10.8. The molecule has 0 saturated carbocycles. The van der Waals surface area contributed by atoms with Gasteiger partial charge in [-0.25, -0.2) is 4.98 Å². The van der Waals surface area contributed by atoms with Crippen molar-refractivity contribution in [2.75, 3.05) is 5.32 Å². The number of nitrogens with one attached hydrogen (secondary N) is 1. The van der Waals surface area contributed by atoms with Crippen molar-refractivity contribution in [1.29, 1.82) is 0 Å². The van der Waals surface area contributed by atoms with Gasteiger partial charge in [0.25, 0.3) is 0 Å². The first-order valence-electron chi connectivity index (χ1n) is 4.80. The van der Waals surface area contributed by atoms with Gasteiger partial charge in [-0.2, -0.15) is 5.10 Å². The van der Waals surface area contributed by atoms with Crippen LogP contribution < -0.4 is 5.32 Å². The summed E-state index contributed by atoms with van der Waals surface area (Å²) in [5.74, 6) is -0.142. The van der Waals surface area contributed by atoms with E-state index in [4.69, 9.17) is 11.6 Å². The number of anilines is 1. The minimum Gasteiger partial charge on any atom is -0.302 e. The molecule has 0 spiro atoms. The van der Waals surface area contributed by atoms with Gasteiger partial charge in [0, 0.05) is 12.5 Å². The predicted octanol–water partition coefficient (Wildman–Crippen LogP) is 2.52. The third kappa shape index (κ3) is 2.78. The quantitative estimate of drug-likeness (QED) is 0.909. The molecule has 88 valence electrons. The van der Waals surface area contributed by atoms with Crippen molar-refractivity contribution in [1.82, 2.24) is 15.2 Å². The van der Waals surface area contributed by atoms with Crippen LogP contribution in [-0.2, 0) is 4.79 Å². The van der Waals surface area contributed by atoms with Gasteiger partial charge in [0.2, 0.25) is 5.91 Å². The van der Waals surface area contributed by atoms with Gasteiger partial charge in [-0.15, -0.1) is 5.10 Å². The highest BCUT2D eigenvalue weighted by Crippen LogP contribution is 2.32. The first kappa shape index (κ1) is 11.9. The van der Waals surface area contributed by atoms with E-state index < -0.39 is 0 Å². The molecule has 0 unspecified atom stereocenters. The minimum absolute atomic E-state index is 0.142. The van der Waals surface area contributed by atoms with Crippen LogP contribution in [0.1, 0.15) is 12.6 Å². The summed E-state index contributed by atoms with van der Waals surface area (Å²) in [6.07, 6.45) is 1.62. The lowest BCUT2D eigenvalue weighted by molar-refractivity contribution is -0.114. The summed E-state index contributed by atoms with van der Waals surface area (Å²) in [5.41, 5.74) is 1.67. The molecule has 2 aromatic heterocycles. The first-order chi connectivity index (χ1) is 8.06. The number of halogens is 1. The van der Waals surface area contributed by atoms with Gasteiger partial charge in [0.1, 0.15) is 0 Å². The molecule has 0 fully saturated rings. The van der Waals surface area contributed by atoms with Gasteiger partial charge in [-0.3, -0.25) is 4.79 Å². The average Bonchev–Trinajstić information content (AvgIpc) is 2.58. The van der Waals surface area contributed by atoms with Gasteiger partial charge in [0.15, 0.2) is 10.3 Å². The highest BCUT2D eigenvalue weighted by molar-refractivity contribution is 7.19. The smallest absolute Gasteiger partial charge is 0.223 e. The molecule has 0 atom stereocenters. The second-order valence-corrected chi connectivity index (χ2v) is 4.77. The highest BCUT2D eigenvalue weighted by Gasteiger charge is 2.11. The van der Waals surface area contributed by atoms with Gasteiger partial charge < -0.3 is 5.32 Å². The van der Waals surface area contributed by atoms with E-state index in [0.29, 0.717) is 10.3 Å². The largest absolute Gasteiger partial charge is 0.302 e. The fourth-order valence-electron chi connectivity index (χ4n) is 1.33. The zero-order valence-electron chi connectivity index (χ0n) is 9.19. The fourth-order valence-corrected chi connectivity index (χ4v) is 2.49. The van der Waals surface area contributed by atoms with Crippen molar-refractivity contribution in [2.45, 2.75) is 13.8 Å². The van der Waals surface area contributed by atoms with E-state index >= 15 is 0 Å². The average molecular weight is 269 g/mol. The Morgan fingerprint density at radius 2 is 2.29 bits per heavy atom. The van der Waals surface area contributed by atoms with Crippen LogP contribution in [0.25, 0.3) is 10.4 Å². The minimum atomic E-state index is -0.142. The van der Waals surface area contributed by atoms with E-state index in [2.05, 4.69) is 20.5 Å². The number of carbonyl (C=O) groups is 1. The number of rotatable bonds is 2. The van der Waals surface area contributed by atoms with Gasteiger partial charge in [-0.05, 0) is 13.0 Å². The second kappa shape index (κ2) is 4.77. The molecule has 0 radical (unpaired) electrons. The molecule has 0 aromatic carbocycles.